The lowest BCUT2D eigenvalue weighted by molar-refractivity contribution is -0.163. The van der Waals surface area contributed by atoms with E-state index in [0.29, 0.717) is 23.7 Å². The number of halogens is 1. The number of alkyl halides is 1. The van der Waals surface area contributed by atoms with E-state index in [0.717, 1.165) is 19.3 Å². The number of carbonyl (C=O) groups excluding carboxylic acids is 1. The summed E-state index contributed by atoms with van der Waals surface area (Å²) < 4.78 is 14.1. The molecule has 0 saturated heterocycles. The van der Waals surface area contributed by atoms with Crippen LogP contribution in [0.15, 0.2) is 0 Å². The van der Waals surface area contributed by atoms with E-state index in [2.05, 4.69) is 6.92 Å². The first-order chi connectivity index (χ1) is 10.4. The average molecular weight is 308 g/mol. The number of carbonyl (C=O) groups is 1. The van der Waals surface area contributed by atoms with E-state index in [1.807, 2.05) is 6.92 Å². The number of aliphatic hydroxyl groups excluding tert-OH is 1. The van der Waals surface area contributed by atoms with Crippen LogP contribution < -0.4 is 0 Å². The quantitative estimate of drug-likeness (QED) is 0.737. The highest BCUT2D eigenvalue weighted by Crippen LogP contribution is 2.65. The maximum Gasteiger partial charge on any atom is 0.173 e. The first kappa shape index (κ1) is 15.1. The number of aliphatic hydroxyl groups is 1. The Kier molecular flexibility index (Phi) is 3.28. The maximum absolute atomic E-state index is 14.1. The zero-order chi connectivity index (χ0) is 15.7. The zero-order valence-corrected chi connectivity index (χ0v) is 13.9. The normalized spacial score (nSPS) is 57.9. The van der Waals surface area contributed by atoms with Gasteiger partial charge in [-0.25, -0.2) is 4.39 Å². The van der Waals surface area contributed by atoms with E-state index < -0.39 is 11.6 Å². The molecule has 0 aliphatic heterocycles. The lowest BCUT2D eigenvalue weighted by atomic mass is 9.44. The van der Waals surface area contributed by atoms with Crippen molar-refractivity contribution in [2.45, 2.75) is 77.5 Å². The molecule has 4 aliphatic carbocycles. The molecule has 0 spiro atoms. The molecule has 22 heavy (non-hydrogen) atoms. The Morgan fingerprint density at radius 2 is 1.86 bits per heavy atom. The first-order valence-corrected chi connectivity index (χ1v) is 9.24. The second kappa shape index (κ2) is 4.78. The molecule has 0 amide bonds. The minimum atomic E-state index is -1.29. The summed E-state index contributed by atoms with van der Waals surface area (Å²) >= 11 is 0. The molecule has 4 saturated carbocycles. The molecular formula is C19H29FO2. The molecule has 0 unspecified atom stereocenters. The zero-order valence-electron chi connectivity index (χ0n) is 13.9. The van der Waals surface area contributed by atoms with E-state index >= 15 is 0 Å². The van der Waals surface area contributed by atoms with Crippen molar-refractivity contribution >= 4 is 5.78 Å². The van der Waals surface area contributed by atoms with Crippen LogP contribution in [0.3, 0.4) is 0 Å². The number of ketones is 1. The molecule has 4 rings (SSSR count). The van der Waals surface area contributed by atoms with Crippen molar-refractivity contribution in [3.63, 3.8) is 0 Å². The largest absolute Gasteiger partial charge is 0.393 e. The molecule has 2 nitrogen and oxygen atoms in total. The van der Waals surface area contributed by atoms with Crippen molar-refractivity contribution in [1.29, 1.82) is 0 Å². The SMILES string of the molecule is C[C@]12CCCC[C@@H]1C[C@H](O)[C@@H]1[C@@H]2CC[C@]2(C)C(=O)[C@H](F)C[C@@H]12. The smallest absolute Gasteiger partial charge is 0.173 e. The predicted octanol–water partition coefficient (Wildman–Crippen LogP) is 3.91. The topological polar surface area (TPSA) is 37.3 Å². The van der Waals surface area contributed by atoms with Gasteiger partial charge in [0.2, 0.25) is 0 Å². The fraction of sp³-hybridized carbons (Fsp3) is 0.947. The van der Waals surface area contributed by atoms with Gasteiger partial charge in [0.1, 0.15) is 0 Å². The van der Waals surface area contributed by atoms with Crippen LogP contribution in [-0.4, -0.2) is 23.2 Å². The third-order valence-electron chi connectivity index (χ3n) is 8.30. The number of Topliss-reactive ketones (excluding diaryl/α,β-unsaturated/α-hetero) is 1. The molecule has 0 radical (unpaired) electrons. The summed E-state index contributed by atoms with van der Waals surface area (Å²) in [4.78, 5) is 12.3. The monoisotopic (exact) mass is 308 g/mol. The van der Waals surface area contributed by atoms with Gasteiger partial charge in [0.25, 0.3) is 0 Å². The molecule has 4 aliphatic rings. The summed E-state index contributed by atoms with van der Waals surface area (Å²) in [7, 11) is 0. The highest BCUT2D eigenvalue weighted by atomic mass is 19.1. The summed E-state index contributed by atoms with van der Waals surface area (Å²) in [5, 5.41) is 10.9. The second-order valence-electron chi connectivity index (χ2n) is 9.07. The minimum Gasteiger partial charge on any atom is -0.393 e. The van der Waals surface area contributed by atoms with Gasteiger partial charge in [0, 0.05) is 5.41 Å². The van der Waals surface area contributed by atoms with E-state index in [4.69, 9.17) is 0 Å². The van der Waals surface area contributed by atoms with E-state index in [-0.39, 0.29) is 23.7 Å². The van der Waals surface area contributed by atoms with Gasteiger partial charge in [-0.05, 0) is 67.6 Å². The lowest BCUT2D eigenvalue weighted by Gasteiger charge is -2.60. The Morgan fingerprint density at radius 1 is 1.09 bits per heavy atom. The van der Waals surface area contributed by atoms with Gasteiger partial charge in [-0.15, -0.1) is 0 Å². The molecule has 0 heterocycles. The Hall–Kier alpha value is -0.440. The average Bonchev–Trinajstić information content (AvgIpc) is 2.71. The van der Waals surface area contributed by atoms with Crippen molar-refractivity contribution in [2.75, 3.05) is 0 Å². The molecule has 124 valence electrons. The van der Waals surface area contributed by atoms with Crippen LogP contribution in [-0.2, 0) is 4.79 Å². The van der Waals surface area contributed by atoms with Crippen LogP contribution in [0.2, 0.25) is 0 Å². The van der Waals surface area contributed by atoms with Gasteiger partial charge in [0.05, 0.1) is 6.10 Å². The van der Waals surface area contributed by atoms with Gasteiger partial charge < -0.3 is 5.11 Å². The molecular weight excluding hydrogens is 279 g/mol. The van der Waals surface area contributed by atoms with Gasteiger partial charge in [-0.2, -0.15) is 0 Å². The van der Waals surface area contributed by atoms with E-state index in [1.165, 1.54) is 25.7 Å². The molecule has 0 aromatic carbocycles. The maximum atomic E-state index is 14.1. The molecule has 1 N–H and O–H groups in total. The van der Waals surface area contributed by atoms with Crippen molar-refractivity contribution in [2.24, 2.45) is 34.5 Å². The van der Waals surface area contributed by atoms with Crippen LogP contribution in [0.5, 0.6) is 0 Å². The van der Waals surface area contributed by atoms with Crippen molar-refractivity contribution in [1.82, 2.24) is 0 Å². The predicted molar refractivity (Wildman–Crippen MR) is 83.0 cm³/mol. The van der Waals surface area contributed by atoms with Crippen molar-refractivity contribution in [3.8, 4) is 0 Å². The molecule has 3 heteroatoms. The van der Waals surface area contributed by atoms with Crippen LogP contribution in [0, 0.1) is 34.5 Å². The molecule has 8 atom stereocenters. The summed E-state index contributed by atoms with van der Waals surface area (Å²) in [6.45, 7) is 4.39. The van der Waals surface area contributed by atoms with E-state index in [1.54, 1.807) is 0 Å². The van der Waals surface area contributed by atoms with Gasteiger partial charge in [0.15, 0.2) is 12.0 Å². The second-order valence-corrected chi connectivity index (χ2v) is 9.07. The Morgan fingerprint density at radius 3 is 2.64 bits per heavy atom. The van der Waals surface area contributed by atoms with Gasteiger partial charge >= 0.3 is 0 Å². The minimum absolute atomic E-state index is 0.0588. The Balaban J connectivity index is 1.71. The lowest BCUT2D eigenvalue weighted by Crippen LogP contribution is -2.57. The third-order valence-corrected chi connectivity index (χ3v) is 8.30. The highest BCUT2D eigenvalue weighted by Gasteiger charge is 2.64. The Bertz CT molecular complexity index is 492. The highest BCUT2D eigenvalue weighted by molar-refractivity contribution is 5.91. The summed E-state index contributed by atoms with van der Waals surface area (Å²) in [6, 6.07) is 0. The Labute approximate surface area is 132 Å². The number of rotatable bonds is 0. The number of hydrogen-bond acceptors (Lipinski definition) is 2. The fourth-order valence-corrected chi connectivity index (χ4v) is 7.01. The van der Waals surface area contributed by atoms with Gasteiger partial charge in [-0.3, -0.25) is 4.79 Å². The van der Waals surface area contributed by atoms with Crippen LogP contribution in [0.1, 0.15) is 65.2 Å². The van der Waals surface area contributed by atoms with Crippen LogP contribution in [0.25, 0.3) is 0 Å². The summed E-state index contributed by atoms with van der Waals surface area (Å²) in [6.07, 6.45) is 6.50. The number of hydrogen-bond donors (Lipinski definition) is 1. The van der Waals surface area contributed by atoms with Crippen molar-refractivity contribution < 1.29 is 14.3 Å². The van der Waals surface area contributed by atoms with Gasteiger partial charge in [-0.1, -0.05) is 26.7 Å². The van der Waals surface area contributed by atoms with E-state index in [9.17, 15) is 14.3 Å². The molecule has 0 bridgehead atoms. The van der Waals surface area contributed by atoms with Crippen LogP contribution >= 0.6 is 0 Å². The molecule has 0 aromatic heterocycles. The molecule has 0 aromatic rings. The third kappa shape index (κ3) is 1.78. The number of fused-ring (bicyclic) bond motifs is 5. The van der Waals surface area contributed by atoms with Crippen LogP contribution in [0.4, 0.5) is 4.39 Å². The summed E-state index contributed by atoms with van der Waals surface area (Å²) in [5.74, 6) is 1.13. The van der Waals surface area contributed by atoms with Crippen molar-refractivity contribution in [3.05, 3.63) is 0 Å². The summed E-state index contributed by atoms with van der Waals surface area (Å²) in [5.41, 5.74) is -0.208. The first-order valence-electron chi connectivity index (χ1n) is 9.24. The molecule has 4 fully saturated rings. The fourth-order valence-electron chi connectivity index (χ4n) is 7.01. The standard InChI is InChI=1S/C19H29FO2/c1-18-7-4-3-5-11(18)9-15(21)16-12(18)6-8-19(2)13(16)10-14(20)17(19)22/h11-16,21H,3-10H2,1-2H3/t11-,12+,13+,14-,15+,16-,18+,19+/m1/s1.